The fourth-order valence-corrected chi connectivity index (χ4v) is 1.83. The molecule has 0 aliphatic carbocycles. The van der Waals surface area contributed by atoms with Crippen molar-refractivity contribution < 1.29 is 20.4 Å². The zero-order valence-electron chi connectivity index (χ0n) is 8.21. The molecule has 1 aliphatic heterocycles. The Morgan fingerprint density at radius 1 is 1.21 bits per heavy atom. The van der Waals surface area contributed by atoms with Gasteiger partial charge in [-0.1, -0.05) is 0 Å². The molecule has 4 N–H and O–H groups in total. The predicted octanol–water partition coefficient (Wildman–Crippen LogP) is -1.84. The van der Waals surface area contributed by atoms with E-state index >= 15 is 0 Å². The van der Waals surface area contributed by atoms with Crippen LogP contribution in [-0.2, 0) is 0 Å². The van der Waals surface area contributed by atoms with Gasteiger partial charge in [-0.3, -0.25) is 4.90 Å². The Kier molecular flexibility index (Phi) is 4.77. The van der Waals surface area contributed by atoms with Gasteiger partial charge in [0.1, 0.15) is 6.10 Å². The summed E-state index contributed by atoms with van der Waals surface area (Å²) in [4.78, 5) is 1.95. The highest BCUT2D eigenvalue weighted by atomic mass is 16.4. The third-order valence-electron chi connectivity index (χ3n) is 2.76. The quantitative estimate of drug-likeness (QED) is 0.424. The molecule has 0 radical (unpaired) electrons. The smallest absolute Gasteiger partial charge is 0.104 e. The van der Waals surface area contributed by atoms with Gasteiger partial charge in [0.15, 0.2) is 0 Å². The zero-order chi connectivity index (χ0) is 10.6. The van der Waals surface area contributed by atoms with Gasteiger partial charge in [0.05, 0.1) is 19.3 Å². The number of nitrogens with zero attached hydrogens (tertiary/aromatic N) is 1. The second-order valence-corrected chi connectivity index (χ2v) is 3.79. The first-order chi connectivity index (χ1) is 6.69. The SMILES string of the molecule is OC[C@@H]1CCCN1C[C@@H](O)[C@H](O)CO. The lowest BCUT2D eigenvalue weighted by atomic mass is 10.2. The van der Waals surface area contributed by atoms with Gasteiger partial charge in [-0.05, 0) is 19.4 Å². The van der Waals surface area contributed by atoms with Crippen LogP contribution in [0.2, 0.25) is 0 Å². The Morgan fingerprint density at radius 3 is 2.50 bits per heavy atom. The fraction of sp³-hybridized carbons (Fsp3) is 1.00. The van der Waals surface area contributed by atoms with Gasteiger partial charge in [-0.25, -0.2) is 0 Å². The normalized spacial score (nSPS) is 27.9. The van der Waals surface area contributed by atoms with Crippen LogP contribution in [0.1, 0.15) is 12.8 Å². The summed E-state index contributed by atoms with van der Waals surface area (Å²) in [5.74, 6) is 0. The third kappa shape index (κ3) is 2.90. The number of aliphatic hydroxyl groups excluding tert-OH is 4. The molecule has 0 bridgehead atoms. The molecule has 1 saturated heterocycles. The highest BCUT2D eigenvalue weighted by Gasteiger charge is 2.27. The van der Waals surface area contributed by atoms with Crippen molar-refractivity contribution in [3.05, 3.63) is 0 Å². The molecular formula is C9H19NO4. The molecule has 1 aliphatic rings. The van der Waals surface area contributed by atoms with Crippen molar-refractivity contribution in [2.24, 2.45) is 0 Å². The molecular weight excluding hydrogens is 186 g/mol. The van der Waals surface area contributed by atoms with Crippen LogP contribution in [0.25, 0.3) is 0 Å². The minimum atomic E-state index is -1.09. The Morgan fingerprint density at radius 2 is 1.93 bits per heavy atom. The van der Waals surface area contributed by atoms with E-state index in [2.05, 4.69) is 0 Å². The van der Waals surface area contributed by atoms with Crippen molar-refractivity contribution >= 4 is 0 Å². The molecule has 0 saturated carbocycles. The van der Waals surface area contributed by atoms with Gasteiger partial charge < -0.3 is 20.4 Å². The molecule has 0 amide bonds. The van der Waals surface area contributed by atoms with E-state index in [0.29, 0.717) is 6.54 Å². The summed E-state index contributed by atoms with van der Waals surface area (Å²) in [6.07, 6.45) is -0.0897. The minimum absolute atomic E-state index is 0.0853. The molecule has 1 rings (SSSR count). The van der Waals surface area contributed by atoms with Crippen molar-refractivity contribution in [2.75, 3.05) is 26.3 Å². The van der Waals surface area contributed by atoms with Gasteiger partial charge in [0, 0.05) is 12.6 Å². The summed E-state index contributed by atoms with van der Waals surface area (Å²) in [5, 5.41) is 36.2. The van der Waals surface area contributed by atoms with Crippen LogP contribution in [0.15, 0.2) is 0 Å². The topological polar surface area (TPSA) is 84.2 Å². The van der Waals surface area contributed by atoms with Crippen molar-refractivity contribution in [2.45, 2.75) is 31.1 Å². The van der Waals surface area contributed by atoms with E-state index in [4.69, 9.17) is 15.3 Å². The Labute approximate surface area is 83.6 Å². The lowest BCUT2D eigenvalue weighted by Gasteiger charge is -2.26. The Bertz CT molecular complexity index is 167. The van der Waals surface area contributed by atoms with Crippen molar-refractivity contribution in [1.82, 2.24) is 4.90 Å². The Balaban J connectivity index is 2.35. The van der Waals surface area contributed by atoms with Gasteiger partial charge >= 0.3 is 0 Å². The van der Waals surface area contributed by atoms with E-state index < -0.39 is 18.8 Å². The summed E-state index contributed by atoms with van der Waals surface area (Å²) >= 11 is 0. The van der Waals surface area contributed by atoms with Crippen LogP contribution in [0.4, 0.5) is 0 Å². The van der Waals surface area contributed by atoms with Crippen LogP contribution < -0.4 is 0 Å². The number of hydrogen-bond donors (Lipinski definition) is 4. The van der Waals surface area contributed by atoms with E-state index in [1.54, 1.807) is 0 Å². The molecule has 5 nitrogen and oxygen atoms in total. The monoisotopic (exact) mass is 205 g/mol. The van der Waals surface area contributed by atoms with Gasteiger partial charge in [0.2, 0.25) is 0 Å². The highest BCUT2D eigenvalue weighted by Crippen LogP contribution is 2.17. The Hall–Kier alpha value is -0.200. The average Bonchev–Trinajstić information content (AvgIpc) is 2.63. The first kappa shape index (κ1) is 11.9. The molecule has 0 aromatic rings. The van der Waals surface area contributed by atoms with Crippen molar-refractivity contribution in [1.29, 1.82) is 0 Å². The third-order valence-corrected chi connectivity index (χ3v) is 2.76. The maximum atomic E-state index is 9.46. The van der Waals surface area contributed by atoms with Crippen molar-refractivity contribution in [3.8, 4) is 0 Å². The second-order valence-electron chi connectivity index (χ2n) is 3.79. The van der Waals surface area contributed by atoms with Gasteiger partial charge in [-0.15, -0.1) is 0 Å². The first-order valence-corrected chi connectivity index (χ1v) is 5.01. The van der Waals surface area contributed by atoms with E-state index in [9.17, 15) is 5.11 Å². The van der Waals surface area contributed by atoms with Gasteiger partial charge in [0.25, 0.3) is 0 Å². The molecule has 0 spiro atoms. The maximum absolute atomic E-state index is 9.46. The summed E-state index contributed by atoms with van der Waals surface area (Å²) in [5.41, 5.74) is 0. The zero-order valence-corrected chi connectivity index (χ0v) is 8.21. The van der Waals surface area contributed by atoms with Gasteiger partial charge in [-0.2, -0.15) is 0 Å². The lowest BCUT2D eigenvalue weighted by Crippen LogP contribution is -2.43. The van der Waals surface area contributed by atoms with Crippen LogP contribution in [0.5, 0.6) is 0 Å². The maximum Gasteiger partial charge on any atom is 0.104 e. The molecule has 0 unspecified atom stereocenters. The number of aliphatic hydroxyl groups is 4. The average molecular weight is 205 g/mol. The van der Waals surface area contributed by atoms with Crippen LogP contribution in [0, 0.1) is 0 Å². The standard InChI is InChI=1S/C9H19NO4/c11-5-7-2-1-3-10(7)4-8(13)9(14)6-12/h7-9,11-14H,1-6H2/t7-,8+,9+/m0/s1. The lowest BCUT2D eigenvalue weighted by molar-refractivity contribution is -0.0334. The molecule has 0 aromatic carbocycles. The number of hydrogen-bond acceptors (Lipinski definition) is 5. The van der Waals surface area contributed by atoms with Crippen LogP contribution in [0.3, 0.4) is 0 Å². The minimum Gasteiger partial charge on any atom is -0.395 e. The molecule has 1 fully saturated rings. The summed E-state index contributed by atoms with van der Waals surface area (Å²) in [7, 11) is 0. The first-order valence-electron chi connectivity index (χ1n) is 5.01. The van der Waals surface area contributed by atoms with E-state index in [-0.39, 0.29) is 12.6 Å². The van der Waals surface area contributed by atoms with Crippen molar-refractivity contribution in [3.63, 3.8) is 0 Å². The molecule has 5 heteroatoms. The van der Waals surface area contributed by atoms with E-state index in [1.807, 2.05) is 4.90 Å². The molecule has 84 valence electrons. The number of rotatable bonds is 5. The predicted molar refractivity (Wildman–Crippen MR) is 50.8 cm³/mol. The molecule has 1 heterocycles. The largest absolute Gasteiger partial charge is 0.395 e. The highest BCUT2D eigenvalue weighted by molar-refractivity contribution is 4.82. The summed E-state index contributed by atoms with van der Waals surface area (Å²) < 4.78 is 0. The van der Waals surface area contributed by atoms with Crippen LogP contribution in [-0.4, -0.2) is 69.9 Å². The summed E-state index contributed by atoms with van der Waals surface area (Å²) in [6.45, 7) is 0.800. The number of β-amino-alcohol motifs (C(OH)–C–C–N with tert-alkyl or cyclic N) is 1. The van der Waals surface area contributed by atoms with E-state index in [1.165, 1.54) is 0 Å². The molecule has 3 atom stereocenters. The molecule has 14 heavy (non-hydrogen) atoms. The molecule has 0 aromatic heterocycles. The summed E-state index contributed by atoms with van der Waals surface area (Å²) in [6, 6.07) is 0.0931. The van der Waals surface area contributed by atoms with Crippen LogP contribution >= 0.6 is 0 Å². The fourth-order valence-electron chi connectivity index (χ4n) is 1.83. The van der Waals surface area contributed by atoms with E-state index in [0.717, 1.165) is 19.4 Å². The number of likely N-dealkylation sites (tertiary alicyclic amines) is 1. The second kappa shape index (κ2) is 5.63.